The van der Waals surface area contributed by atoms with E-state index in [1.54, 1.807) is 23.1 Å². The minimum atomic E-state index is -0.924. The van der Waals surface area contributed by atoms with Gasteiger partial charge in [-0.3, -0.25) is 4.90 Å². The summed E-state index contributed by atoms with van der Waals surface area (Å²) in [5.74, 6) is 1.18. The molecule has 112 valence electrons. The van der Waals surface area contributed by atoms with Crippen LogP contribution < -0.4 is 4.90 Å². The summed E-state index contributed by atoms with van der Waals surface area (Å²) in [5.41, 5.74) is 2.10. The van der Waals surface area contributed by atoms with Crippen molar-refractivity contribution in [3.05, 3.63) is 29.3 Å². The molecule has 21 heavy (non-hydrogen) atoms. The predicted octanol–water partition coefficient (Wildman–Crippen LogP) is 2.31. The average molecular weight is 306 g/mol. The van der Waals surface area contributed by atoms with E-state index in [9.17, 15) is 9.59 Å². The van der Waals surface area contributed by atoms with E-state index in [0.717, 1.165) is 48.7 Å². The molecule has 0 bridgehead atoms. The van der Waals surface area contributed by atoms with Crippen LogP contribution in [0.2, 0.25) is 0 Å². The average Bonchev–Trinajstić information content (AvgIpc) is 2.71. The van der Waals surface area contributed by atoms with Gasteiger partial charge in [0.15, 0.2) is 0 Å². The van der Waals surface area contributed by atoms with E-state index in [-0.39, 0.29) is 11.6 Å². The van der Waals surface area contributed by atoms with Crippen molar-refractivity contribution in [1.82, 2.24) is 4.90 Å². The molecule has 0 spiro atoms. The Bertz CT molecular complexity index is 568. The fraction of sp³-hybridized carbons (Fsp3) is 0.467. The number of hydrogen-bond donors (Lipinski definition) is 1. The number of aromatic carboxylic acids is 1. The Morgan fingerprint density at radius 2 is 2.00 bits per heavy atom. The van der Waals surface area contributed by atoms with Gasteiger partial charge in [0.05, 0.1) is 5.56 Å². The summed E-state index contributed by atoms with van der Waals surface area (Å²) in [6, 6.07) is 5.07. The van der Waals surface area contributed by atoms with Gasteiger partial charge >= 0.3 is 12.0 Å². The van der Waals surface area contributed by atoms with E-state index in [2.05, 4.69) is 0 Å². The molecule has 6 heteroatoms. The number of nitrogens with zero attached hydrogens (tertiary/aromatic N) is 2. The molecule has 1 saturated heterocycles. The molecule has 0 aromatic heterocycles. The summed E-state index contributed by atoms with van der Waals surface area (Å²) < 4.78 is 0. The van der Waals surface area contributed by atoms with Gasteiger partial charge in [-0.05, 0) is 42.4 Å². The molecule has 0 atom stereocenters. The van der Waals surface area contributed by atoms with E-state index >= 15 is 0 Å². The quantitative estimate of drug-likeness (QED) is 0.865. The number of carbonyl (C=O) groups is 2. The lowest BCUT2D eigenvalue weighted by atomic mass is 10.1. The number of amides is 2. The number of rotatable bonds is 1. The third-order valence-electron chi connectivity index (χ3n) is 3.95. The maximum atomic E-state index is 12.7. The van der Waals surface area contributed by atoms with Crippen molar-refractivity contribution >= 4 is 29.4 Å². The van der Waals surface area contributed by atoms with E-state index in [0.29, 0.717) is 6.54 Å². The molecule has 2 aliphatic heterocycles. The monoisotopic (exact) mass is 306 g/mol. The number of carbonyl (C=O) groups excluding carboxylic acids is 1. The highest BCUT2D eigenvalue weighted by Crippen LogP contribution is 2.30. The van der Waals surface area contributed by atoms with Gasteiger partial charge in [0.2, 0.25) is 0 Å². The maximum absolute atomic E-state index is 12.7. The van der Waals surface area contributed by atoms with Crippen LogP contribution in [0.15, 0.2) is 18.2 Å². The second kappa shape index (κ2) is 5.97. The van der Waals surface area contributed by atoms with Crippen LogP contribution in [0.1, 0.15) is 22.3 Å². The Balaban J connectivity index is 1.80. The summed E-state index contributed by atoms with van der Waals surface area (Å²) in [6.45, 7) is 2.24. The Hall–Kier alpha value is -1.69. The number of carboxylic acid groups (broad SMARTS) is 1. The van der Waals surface area contributed by atoms with E-state index in [4.69, 9.17) is 5.11 Å². The topological polar surface area (TPSA) is 60.9 Å². The molecule has 1 aromatic carbocycles. The first-order valence-electron chi connectivity index (χ1n) is 7.17. The van der Waals surface area contributed by atoms with Crippen molar-refractivity contribution in [3.8, 4) is 0 Å². The van der Waals surface area contributed by atoms with Crippen molar-refractivity contribution < 1.29 is 14.7 Å². The van der Waals surface area contributed by atoms with Crippen LogP contribution in [0.25, 0.3) is 0 Å². The molecular formula is C15H18N2O3S. The van der Waals surface area contributed by atoms with Crippen LogP contribution in [-0.4, -0.2) is 53.1 Å². The highest BCUT2D eigenvalue weighted by molar-refractivity contribution is 7.99. The molecule has 0 saturated carbocycles. The van der Waals surface area contributed by atoms with Gasteiger partial charge in [-0.25, -0.2) is 9.59 Å². The number of fused-ring (bicyclic) bond motifs is 1. The van der Waals surface area contributed by atoms with E-state index in [1.807, 2.05) is 16.7 Å². The van der Waals surface area contributed by atoms with Gasteiger partial charge in [-0.1, -0.05) is 0 Å². The number of urea groups is 1. The highest BCUT2D eigenvalue weighted by Gasteiger charge is 2.29. The molecule has 0 radical (unpaired) electrons. The second-order valence-corrected chi connectivity index (χ2v) is 6.51. The molecule has 2 amide bonds. The first-order valence-corrected chi connectivity index (χ1v) is 8.32. The molecule has 5 nitrogen and oxygen atoms in total. The number of thioether (sulfide) groups is 1. The molecule has 1 fully saturated rings. The fourth-order valence-electron chi connectivity index (χ4n) is 2.84. The summed E-state index contributed by atoms with van der Waals surface area (Å²) in [5, 5.41) is 9.04. The largest absolute Gasteiger partial charge is 0.478 e. The van der Waals surface area contributed by atoms with Gasteiger partial charge in [-0.15, -0.1) is 0 Å². The number of carboxylic acids is 1. The van der Waals surface area contributed by atoms with Gasteiger partial charge in [-0.2, -0.15) is 11.8 Å². The lowest BCUT2D eigenvalue weighted by molar-refractivity contribution is 0.0697. The molecule has 0 aliphatic carbocycles. The minimum Gasteiger partial charge on any atom is -0.478 e. The van der Waals surface area contributed by atoms with Crippen LogP contribution in [0, 0.1) is 0 Å². The van der Waals surface area contributed by atoms with Crippen molar-refractivity contribution in [2.24, 2.45) is 0 Å². The number of anilines is 1. The highest BCUT2D eigenvalue weighted by atomic mass is 32.2. The third kappa shape index (κ3) is 2.85. The Kier molecular flexibility index (Phi) is 4.05. The lowest BCUT2D eigenvalue weighted by Crippen LogP contribution is -2.43. The standard InChI is InChI=1S/C15H18N2O3S/c18-14(19)12-2-3-13-11(10-12)4-6-17(13)15(20)16-5-1-8-21-9-7-16/h2-3,10H,1,4-9H2,(H,18,19). The van der Waals surface area contributed by atoms with Crippen molar-refractivity contribution in [1.29, 1.82) is 0 Å². The zero-order chi connectivity index (χ0) is 14.8. The van der Waals surface area contributed by atoms with Crippen molar-refractivity contribution in [2.45, 2.75) is 12.8 Å². The first-order chi connectivity index (χ1) is 10.2. The molecule has 2 heterocycles. The zero-order valence-electron chi connectivity index (χ0n) is 11.7. The first kappa shape index (κ1) is 14.3. The van der Waals surface area contributed by atoms with Gasteiger partial charge in [0.25, 0.3) is 0 Å². The number of benzene rings is 1. The third-order valence-corrected chi connectivity index (χ3v) is 4.99. The summed E-state index contributed by atoms with van der Waals surface area (Å²) in [4.78, 5) is 27.4. The Morgan fingerprint density at radius 3 is 2.81 bits per heavy atom. The molecule has 3 rings (SSSR count). The van der Waals surface area contributed by atoms with Crippen LogP contribution in [0.5, 0.6) is 0 Å². The maximum Gasteiger partial charge on any atom is 0.335 e. The Morgan fingerprint density at radius 1 is 1.14 bits per heavy atom. The van der Waals surface area contributed by atoms with Gasteiger partial charge in [0.1, 0.15) is 0 Å². The van der Waals surface area contributed by atoms with Crippen LogP contribution in [-0.2, 0) is 6.42 Å². The van der Waals surface area contributed by atoms with Gasteiger partial charge in [0, 0.05) is 31.1 Å². The molecule has 0 unspecified atom stereocenters. The minimum absolute atomic E-state index is 0.0549. The molecular weight excluding hydrogens is 288 g/mol. The van der Waals surface area contributed by atoms with E-state index < -0.39 is 5.97 Å². The normalized spacial score (nSPS) is 18.3. The number of hydrogen-bond acceptors (Lipinski definition) is 3. The van der Waals surface area contributed by atoms with Crippen molar-refractivity contribution in [3.63, 3.8) is 0 Å². The molecule has 2 aliphatic rings. The van der Waals surface area contributed by atoms with E-state index in [1.165, 1.54) is 0 Å². The zero-order valence-corrected chi connectivity index (χ0v) is 12.6. The van der Waals surface area contributed by atoms with Crippen LogP contribution >= 0.6 is 11.8 Å². The lowest BCUT2D eigenvalue weighted by Gasteiger charge is -2.27. The Labute approximate surface area is 127 Å². The second-order valence-electron chi connectivity index (χ2n) is 5.29. The summed E-state index contributed by atoms with van der Waals surface area (Å²) >= 11 is 1.89. The summed E-state index contributed by atoms with van der Waals surface area (Å²) in [7, 11) is 0. The fourth-order valence-corrected chi connectivity index (χ4v) is 3.73. The van der Waals surface area contributed by atoms with Gasteiger partial charge < -0.3 is 10.0 Å². The SMILES string of the molecule is O=C(O)c1ccc2c(c1)CCN2C(=O)N1CCCSCC1. The predicted molar refractivity (Wildman–Crippen MR) is 83.4 cm³/mol. The smallest absolute Gasteiger partial charge is 0.335 e. The molecule has 1 N–H and O–H groups in total. The summed E-state index contributed by atoms with van der Waals surface area (Å²) in [6.07, 6.45) is 1.76. The van der Waals surface area contributed by atoms with Crippen molar-refractivity contribution in [2.75, 3.05) is 36.0 Å². The van der Waals surface area contributed by atoms with Crippen LogP contribution in [0.4, 0.5) is 10.5 Å². The van der Waals surface area contributed by atoms with Crippen LogP contribution in [0.3, 0.4) is 0 Å². The molecule has 1 aromatic rings.